The zero-order chi connectivity index (χ0) is 14.4. The van der Waals surface area contributed by atoms with Crippen LogP contribution in [0.15, 0.2) is 18.2 Å². The molecular weight excluding hydrogens is 285 g/mol. The van der Waals surface area contributed by atoms with E-state index in [1.807, 2.05) is 32.9 Å². The first kappa shape index (κ1) is 16.7. The minimum absolute atomic E-state index is 0.0138. The van der Waals surface area contributed by atoms with Crippen molar-refractivity contribution in [2.75, 3.05) is 13.2 Å². The van der Waals surface area contributed by atoms with Crippen LogP contribution >= 0.6 is 23.2 Å². The van der Waals surface area contributed by atoms with Crippen molar-refractivity contribution in [2.24, 2.45) is 0 Å². The molecule has 0 aliphatic heterocycles. The van der Waals surface area contributed by atoms with Gasteiger partial charge in [0.05, 0.1) is 28.9 Å². The summed E-state index contributed by atoms with van der Waals surface area (Å²) in [7, 11) is 0. The molecule has 0 aromatic heterocycles. The number of hydrogen-bond acceptors (Lipinski definition) is 3. The zero-order valence-corrected chi connectivity index (χ0v) is 13.0. The molecule has 5 heteroatoms. The maximum atomic E-state index is 9.77. The molecule has 0 aliphatic carbocycles. The average Bonchev–Trinajstić information content (AvgIpc) is 2.36. The number of aliphatic hydroxyl groups is 1. The highest BCUT2D eigenvalue weighted by molar-refractivity contribution is 6.42. The summed E-state index contributed by atoms with van der Waals surface area (Å²) in [5.41, 5.74) is 0.922. The van der Waals surface area contributed by atoms with E-state index in [2.05, 4.69) is 5.32 Å². The number of nitrogens with one attached hydrogen (secondary N) is 1. The van der Waals surface area contributed by atoms with Crippen LogP contribution < -0.4 is 5.32 Å². The van der Waals surface area contributed by atoms with Crippen molar-refractivity contribution in [3.05, 3.63) is 33.8 Å². The van der Waals surface area contributed by atoms with Crippen molar-refractivity contribution in [3.63, 3.8) is 0 Å². The molecule has 0 fully saturated rings. The van der Waals surface area contributed by atoms with E-state index in [4.69, 9.17) is 27.9 Å². The molecule has 1 aromatic carbocycles. The van der Waals surface area contributed by atoms with Gasteiger partial charge in [-0.05, 0) is 32.4 Å². The van der Waals surface area contributed by atoms with Crippen LogP contribution in [0.5, 0.6) is 0 Å². The maximum Gasteiger partial charge on any atom is 0.0898 e. The smallest absolute Gasteiger partial charge is 0.0898 e. The van der Waals surface area contributed by atoms with Crippen molar-refractivity contribution in [1.82, 2.24) is 5.32 Å². The quantitative estimate of drug-likeness (QED) is 0.811. The van der Waals surface area contributed by atoms with Crippen LogP contribution in [0, 0.1) is 0 Å². The Labute approximate surface area is 124 Å². The summed E-state index contributed by atoms with van der Waals surface area (Å²) < 4.78 is 5.35. The first-order chi connectivity index (χ1) is 8.91. The van der Waals surface area contributed by atoms with E-state index in [0.717, 1.165) is 5.56 Å². The molecule has 0 amide bonds. The number of aliphatic hydroxyl groups excluding tert-OH is 1. The van der Waals surface area contributed by atoms with Gasteiger partial charge in [0, 0.05) is 12.6 Å². The Kier molecular flexibility index (Phi) is 7.11. The molecular formula is C14H21Cl2NO2. The highest BCUT2D eigenvalue weighted by Gasteiger charge is 2.13. The average molecular weight is 306 g/mol. The summed E-state index contributed by atoms with van der Waals surface area (Å²) in [5, 5.41) is 14.1. The molecule has 1 aromatic rings. The molecule has 0 heterocycles. The highest BCUT2D eigenvalue weighted by Crippen LogP contribution is 2.29. The molecule has 0 aliphatic rings. The summed E-state index contributed by atoms with van der Waals surface area (Å²) in [5.74, 6) is 0. The first-order valence-electron chi connectivity index (χ1n) is 6.38. The second-order valence-corrected chi connectivity index (χ2v) is 5.59. The van der Waals surface area contributed by atoms with Crippen LogP contribution in [0.3, 0.4) is 0 Å². The van der Waals surface area contributed by atoms with Crippen molar-refractivity contribution >= 4 is 23.2 Å². The first-order valence-corrected chi connectivity index (χ1v) is 7.14. The Balaban J connectivity index is 2.47. The molecule has 1 rings (SSSR count). The molecule has 0 bridgehead atoms. The van der Waals surface area contributed by atoms with Gasteiger partial charge < -0.3 is 15.2 Å². The van der Waals surface area contributed by atoms with E-state index in [-0.39, 0.29) is 12.1 Å². The normalized spacial score (nSPS) is 14.7. The van der Waals surface area contributed by atoms with Crippen molar-refractivity contribution in [1.29, 1.82) is 0 Å². The Bertz CT molecular complexity index is 399. The van der Waals surface area contributed by atoms with Crippen molar-refractivity contribution in [2.45, 2.75) is 39.0 Å². The van der Waals surface area contributed by atoms with Crippen LogP contribution in [0.25, 0.3) is 0 Å². The Morgan fingerprint density at radius 1 is 1.26 bits per heavy atom. The van der Waals surface area contributed by atoms with Gasteiger partial charge in [-0.2, -0.15) is 0 Å². The number of ether oxygens (including phenoxy) is 1. The largest absolute Gasteiger partial charge is 0.389 e. The SMILES string of the molecule is CC(C)OCC(O)CNC(C)c1cccc(Cl)c1Cl. The number of hydrogen-bond donors (Lipinski definition) is 2. The third-order valence-corrected chi connectivity index (χ3v) is 3.56. The van der Waals surface area contributed by atoms with Gasteiger partial charge in [0.1, 0.15) is 0 Å². The van der Waals surface area contributed by atoms with Gasteiger partial charge in [0.25, 0.3) is 0 Å². The fraction of sp³-hybridized carbons (Fsp3) is 0.571. The lowest BCUT2D eigenvalue weighted by Gasteiger charge is -2.19. The summed E-state index contributed by atoms with van der Waals surface area (Å²) in [4.78, 5) is 0. The van der Waals surface area contributed by atoms with Gasteiger partial charge in [0.2, 0.25) is 0 Å². The molecule has 2 atom stereocenters. The summed E-state index contributed by atoms with van der Waals surface area (Å²) in [6.45, 7) is 6.62. The predicted molar refractivity (Wildman–Crippen MR) is 80.0 cm³/mol. The van der Waals surface area contributed by atoms with Gasteiger partial charge in [-0.25, -0.2) is 0 Å². The van der Waals surface area contributed by atoms with E-state index in [0.29, 0.717) is 23.2 Å². The molecule has 108 valence electrons. The van der Waals surface area contributed by atoms with E-state index in [1.165, 1.54) is 0 Å². The summed E-state index contributed by atoms with van der Waals surface area (Å²) >= 11 is 12.1. The second kappa shape index (κ2) is 8.08. The lowest BCUT2D eigenvalue weighted by atomic mass is 10.1. The van der Waals surface area contributed by atoms with Crippen LogP contribution in [-0.4, -0.2) is 30.5 Å². The fourth-order valence-electron chi connectivity index (χ4n) is 1.64. The van der Waals surface area contributed by atoms with E-state index >= 15 is 0 Å². The zero-order valence-electron chi connectivity index (χ0n) is 11.5. The second-order valence-electron chi connectivity index (χ2n) is 4.81. The molecule has 2 N–H and O–H groups in total. The van der Waals surface area contributed by atoms with Crippen LogP contribution in [0.1, 0.15) is 32.4 Å². The number of benzene rings is 1. The molecule has 0 saturated heterocycles. The summed E-state index contributed by atoms with van der Waals surface area (Å²) in [6, 6.07) is 5.55. The van der Waals surface area contributed by atoms with Gasteiger partial charge in [-0.15, -0.1) is 0 Å². The fourth-order valence-corrected chi connectivity index (χ4v) is 2.11. The van der Waals surface area contributed by atoms with Crippen molar-refractivity contribution in [3.8, 4) is 0 Å². The Morgan fingerprint density at radius 2 is 1.95 bits per heavy atom. The van der Waals surface area contributed by atoms with E-state index in [1.54, 1.807) is 6.07 Å². The molecule has 0 radical (unpaired) electrons. The van der Waals surface area contributed by atoms with Crippen molar-refractivity contribution < 1.29 is 9.84 Å². The number of halogens is 2. The Hall–Kier alpha value is -0.320. The standard InChI is InChI=1S/C14H21Cl2NO2/c1-9(2)19-8-11(18)7-17-10(3)12-5-4-6-13(15)14(12)16/h4-6,9-11,17-18H,7-8H2,1-3H3. The van der Waals surface area contributed by atoms with Gasteiger partial charge in [-0.3, -0.25) is 0 Å². The Morgan fingerprint density at radius 3 is 2.58 bits per heavy atom. The molecule has 2 unspecified atom stereocenters. The van der Waals surface area contributed by atoms with E-state index in [9.17, 15) is 5.11 Å². The third kappa shape index (κ3) is 5.67. The maximum absolute atomic E-state index is 9.77. The van der Waals surface area contributed by atoms with Gasteiger partial charge in [0.15, 0.2) is 0 Å². The molecule has 3 nitrogen and oxygen atoms in total. The number of rotatable bonds is 7. The molecule has 0 saturated carbocycles. The summed E-state index contributed by atoms with van der Waals surface area (Å²) in [6.07, 6.45) is -0.419. The monoisotopic (exact) mass is 305 g/mol. The van der Waals surface area contributed by atoms with Crippen LogP contribution in [0.2, 0.25) is 10.0 Å². The minimum atomic E-state index is -0.539. The highest BCUT2D eigenvalue weighted by atomic mass is 35.5. The minimum Gasteiger partial charge on any atom is -0.389 e. The third-order valence-electron chi connectivity index (χ3n) is 2.73. The van der Waals surface area contributed by atoms with Gasteiger partial charge in [-0.1, -0.05) is 35.3 Å². The van der Waals surface area contributed by atoms with Crippen LogP contribution in [0.4, 0.5) is 0 Å². The topological polar surface area (TPSA) is 41.5 Å². The van der Waals surface area contributed by atoms with E-state index < -0.39 is 6.10 Å². The van der Waals surface area contributed by atoms with Gasteiger partial charge >= 0.3 is 0 Å². The lowest BCUT2D eigenvalue weighted by molar-refractivity contribution is 0.00561. The van der Waals surface area contributed by atoms with Crippen LogP contribution in [-0.2, 0) is 4.74 Å². The lowest BCUT2D eigenvalue weighted by Crippen LogP contribution is -2.33. The molecule has 0 spiro atoms. The predicted octanol–water partition coefficient (Wildman–Crippen LogP) is 3.43. The molecule has 19 heavy (non-hydrogen) atoms.